The Labute approximate surface area is 151 Å². The fraction of sp³-hybridized carbons (Fsp3) is 0.524. The lowest BCUT2D eigenvalue weighted by Gasteiger charge is -2.58. The molecule has 1 fully saturated rings. The zero-order chi connectivity index (χ0) is 18.0. The highest BCUT2D eigenvalue weighted by molar-refractivity contribution is 7.89. The van der Waals surface area contributed by atoms with Gasteiger partial charge in [-0.3, -0.25) is 4.31 Å². The van der Waals surface area contributed by atoms with Crippen LogP contribution in [0.2, 0.25) is 0 Å². The van der Waals surface area contributed by atoms with E-state index >= 15 is 0 Å². The van der Waals surface area contributed by atoms with E-state index in [2.05, 4.69) is 20.4 Å². The maximum atomic E-state index is 13.4. The van der Waals surface area contributed by atoms with Crippen molar-refractivity contribution >= 4 is 10.0 Å². The Bertz CT molecular complexity index is 862. The first kappa shape index (κ1) is 16.9. The monoisotopic (exact) mass is 357 g/mol. The van der Waals surface area contributed by atoms with Crippen molar-refractivity contribution in [2.24, 2.45) is 17.3 Å². The maximum Gasteiger partial charge on any atom is 0.264 e. The minimum atomic E-state index is -3.53. The van der Waals surface area contributed by atoms with Gasteiger partial charge in [0.25, 0.3) is 10.0 Å². The smallest absolute Gasteiger partial charge is 0.264 e. The molecular formula is C21H27NO2S. The number of sulfonamides is 1. The highest BCUT2D eigenvalue weighted by Gasteiger charge is 2.55. The van der Waals surface area contributed by atoms with Gasteiger partial charge in [0.05, 0.1) is 11.4 Å². The molecule has 1 aliphatic heterocycles. The molecule has 0 radical (unpaired) electrons. The van der Waals surface area contributed by atoms with Crippen LogP contribution in [0.15, 0.2) is 52.6 Å². The van der Waals surface area contributed by atoms with Crippen LogP contribution in [0.1, 0.15) is 45.1 Å². The number of hydrogen-bond acceptors (Lipinski definition) is 2. The molecule has 1 heterocycles. The molecule has 1 aromatic rings. The molecule has 5 rings (SSSR count). The van der Waals surface area contributed by atoms with Gasteiger partial charge in [-0.05, 0) is 67.6 Å². The van der Waals surface area contributed by atoms with Crippen molar-refractivity contribution in [1.29, 1.82) is 0 Å². The van der Waals surface area contributed by atoms with Crippen LogP contribution in [0.5, 0.6) is 0 Å². The van der Waals surface area contributed by atoms with Gasteiger partial charge in [0.1, 0.15) is 0 Å². The predicted molar refractivity (Wildman–Crippen MR) is 100 cm³/mol. The molecule has 3 nitrogen and oxygen atoms in total. The van der Waals surface area contributed by atoms with Gasteiger partial charge in [-0.2, -0.15) is 0 Å². The summed E-state index contributed by atoms with van der Waals surface area (Å²) in [4.78, 5) is 0.387. The molecule has 1 saturated carbocycles. The zero-order valence-electron chi connectivity index (χ0n) is 15.4. The third-order valence-electron chi connectivity index (χ3n) is 6.73. The van der Waals surface area contributed by atoms with Crippen molar-refractivity contribution in [2.75, 3.05) is 6.54 Å². The maximum absolute atomic E-state index is 13.4. The van der Waals surface area contributed by atoms with Crippen LogP contribution >= 0.6 is 0 Å². The Kier molecular flexibility index (Phi) is 3.70. The number of benzene rings is 1. The van der Waals surface area contributed by atoms with Gasteiger partial charge in [-0.1, -0.05) is 43.7 Å². The first-order valence-electron chi connectivity index (χ1n) is 9.19. The normalized spacial score (nSPS) is 28.3. The first-order chi connectivity index (χ1) is 11.7. The zero-order valence-corrected chi connectivity index (χ0v) is 16.2. The molecule has 0 unspecified atom stereocenters. The van der Waals surface area contributed by atoms with Crippen LogP contribution in [-0.4, -0.2) is 19.3 Å². The second kappa shape index (κ2) is 5.47. The molecule has 1 aromatic carbocycles. The lowest BCUT2D eigenvalue weighted by Crippen LogP contribution is -2.51. The van der Waals surface area contributed by atoms with Crippen LogP contribution in [0.4, 0.5) is 0 Å². The number of allylic oxidation sites excluding steroid dienone is 2. The van der Waals surface area contributed by atoms with Crippen molar-refractivity contribution in [2.45, 2.75) is 51.3 Å². The van der Waals surface area contributed by atoms with E-state index in [0.29, 0.717) is 28.7 Å². The van der Waals surface area contributed by atoms with Gasteiger partial charge in [-0.15, -0.1) is 0 Å². The van der Waals surface area contributed by atoms with Crippen LogP contribution in [0.25, 0.3) is 0 Å². The van der Waals surface area contributed by atoms with E-state index in [1.807, 2.05) is 19.1 Å². The molecule has 3 aliphatic carbocycles. The lowest BCUT2D eigenvalue weighted by atomic mass is 9.48. The molecule has 0 aromatic heterocycles. The predicted octanol–water partition coefficient (Wildman–Crippen LogP) is 4.66. The van der Waals surface area contributed by atoms with E-state index in [-0.39, 0.29) is 0 Å². The fourth-order valence-corrected chi connectivity index (χ4v) is 6.43. The summed E-state index contributed by atoms with van der Waals surface area (Å²) in [5, 5.41) is 0. The molecule has 4 heteroatoms. The first-order valence-corrected chi connectivity index (χ1v) is 10.6. The molecule has 25 heavy (non-hydrogen) atoms. The average molecular weight is 358 g/mol. The van der Waals surface area contributed by atoms with E-state index in [4.69, 9.17) is 0 Å². The third-order valence-corrected chi connectivity index (χ3v) is 8.52. The Balaban J connectivity index is 1.80. The van der Waals surface area contributed by atoms with E-state index in [1.165, 1.54) is 12.0 Å². The molecule has 2 atom stereocenters. The molecule has 2 bridgehead atoms. The fourth-order valence-electron chi connectivity index (χ4n) is 4.86. The third kappa shape index (κ3) is 2.49. The molecule has 0 saturated heterocycles. The number of hydrogen-bond donors (Lipinski definition) is 0. The average Bonchev–Trinajstić information content (AvgIpc) is 2.74. The molecule has 0 amide bonds. The van der Waals surface area contributed by atoms with Gasteiger partial charge >= 0.3 is 0 Å². The minimum Gasteiger partial charge on any atom is -0.266 e. The highest BCUT2D eigenvalue weighted by atomic mass is 32.2. The summed E-state index contributed by atoms with van der Waals surface area (Å²) < 4.78 is 28.4. The van der Waals surface area contributed by atoms with Gasteiger partial charge in [0.15, 0.2) is 0 Å². The second-order valence-electron chi connectivity index (χ2n) is 8.56. The standard InChI is InChI=1S/C21H27NO2S/c1-14-5-8-17(9-6-14)25(23,24)22-13-15(2)7-10-18-19-11-16(12-20(18)22)21(19,3)4/h5-6,8-9,16,19H,2,7,10-13H2,1,3-4H3/t16-,19+/m0/s1. The van der Waals surface area contributed by atoms with Crippen LogP contribution < -0.4 is 0 Å². The lowest BCUT2D eigenvalue weighted by molar-refractivity contribution is -0.0169. The Morgan fingerprint density at radius 1 is 1.16 bits per heavy atom. The molecule has 0 spiro atoms. The van der Waals surface area contributed by atoms with Crippen molar-refractivity contribution < 1.29 is 8.42 Å². The second-order valence-corrected chi connectivity index (χ2v) is 10.4. The van der Waals surface area contributed by atoms with Crippen LogP contribution in [-0.2, 0) is 10.0 Å². The summed E-state index contributed by atoms with van der Waals surface area (Å²) >= 11 is 0. The van der Waals surface area contributed by atoms with Crippen LogP contribution in [0.3, 0.4) is 0 Å². The quantitative estimate of drug-likeness (QED) is 0.722. The van der Waals surface area contributed by atoms with Gasteiger partial charge < -0.3 is 0 Å². The highest BCUT2D eigenvalue weighted by Crippen LogP contribution is 2.63. The Morgan fingerprint density at radius 2 is 1.84 bits per heavy atom. The summed E-state index contributed by atoms with van der Waals surface area (Å²) in [7, 11) is -3.53. The van der Waals surface area contributed by atoms with Crippen molar-refractivity contribution in [3.63, 3.8) is 0 Å². The summed E-state index contributed by atoms with van der Waals surface area (Å²) in [6.45, 7) is 11.2. The molecule has 0 N–H and O–H groups in total. The topological polar surface area (TPSA) is 37.4 Å². The largest absolute Gasteiger partial charge is 0.266 e. The number of aryl methyl sites for hydroxylation is 1. The SMILES string of the molecule is C=C1CCC2=C(C[C@@H]3C[C@H]2C3(C)C)N(S(=O)(=O)c2ccc(C)cc2)C1. The molecule has 134 valence electrons. The Hall–Kier alpha value is -1.55. The van der Waals surface area contributed by atoms with Crippen molar-refractivity contribution in [3.05, 3.63) is 53.3 Å². The summed E-state index contributed by atoms with van der Waals surface area (Å²) in [6, 6.07) is 7.20. The van der Waals surface area contributed by atoms with E-state index < -0.39 is 10.0 Å². The van der Waals surface area contributed by atoms with Gasteiger partial charge in [0, 0.05) is 5.70 Å². The van der Waals surface area contributed by atoms with Crippen molar-refractivity contribution in [1.82, 2.24) is 4.31 Å². The van der Waals surface area contributed by atoms with Gasteiger partial charge in [0.2, 0.25) is 0 Å². The van der Waals surface area contributed by atoms with E-state index in [1.54, 1.807) is 16.4 Å². The summed E-state index contributed by atoms with van der Waals surface area (Å²) in [5.74, 6) is 1.13. The molecular weight excluding hydrogens is 330 g/mol. The van der Waals surface area contributed by atoms with E-state index in [0.717, 1.165) is 36.1 Å². The minimum absolute atomic E-state index is 0.309. The molecule has 4 aliphatic rings. The number of nitrogens with zero attached hydrogens (tertiary/aromatic N) is 1. The van der Waals surface area contributed by atoms with Crippen molar-refractivity contribution in [3.8, 4) is 0 Å². The number of rotatable bonds is 2. The Morgan fingerprint density at radius 3 is 2.48 bits per heavy atom. The van der Waals surface area contributed by atoms with Gasteiger partial charge in [-0.25, -0.2) is 8.42 Å². The van der Waals surface area contributed by atoms with Crippen LogP contribution in [0, 0.1) is 24.2 Å². The van der Waals surface area contributed by atoms with E-state index in [9.17, 15) is 8.42 Å². The summed E-state index contributed by atoms with van der Waals surface area (Å²) in [6.07, 6.45) is 3.97. The summed E-state index contributed by atoms with van der Waals surface area (Å²) in [5.41, 5.74) is 4.84.